The van der Waals surface area contributed by atoms with Crippen LogP contribution in [0.15, 0.2) is 22.8 Å². The predicted molar refractivity (Wildman–Crippen MR) is 70.8 cm³/mol. The van der Waals surface area contributed by atoms with Gasteiger partial charge in [0.15, 0.2) is 0 Å². The smallest absolute Gasteiger partial charge is 0.272 e. The van der Waals surface area contributed by atoms with E-state index in [2.05, 4.69) is 34.8 Å². The van der Waals surface area contributed by atoms with Crippen LogP contribution in [0, 0.1) is 11.8 Å². The highest BCUT2D eigenvalue weighted by molar-refractivity contribution is 9.10. The molecule has 92 valence electrons. The van der Waals surface area contributed by atoms with Crippen molar-refractivity contribution in [3.63, 3.8) is 0 Å². The maximum absolute atomic E-state index is 12.2. The second-order valence-electron chi connectivity index (χ2n) is 4.86. The van der Waals surface area contributed by atoms with Crippen molar-refractivity contribution in [2.75, 3.05) is 13.1 Å². The van der Waals surface area contributed by atoms with Crippen molar-refractivity contribution >= 4 is 21.8 Å². The molecular formula is C13H17BrN2O. The van der Waals surface area contributed by atoms with E-state index in [1.165, 1.54) is 0 Å². The average molecular weight is 297 g/mol. The molecule has 0 radical (unpaired) electrons. The van der Waals surface area contributed by atoms with Gasteiger partial charge in [-0.05, 0) is 46.3 Å². The number of carbonyl (C=O) groups excluding carboxylic acids is 1. The quantitative estimate of drug-likeness (QED) is 0.798. The zero-order chi connectivity index (χ0) is 12.4. The number of piperidine rings is 1. The molecule has 0 saturated carbocycles. The van der Waals surface area contributed by atoms with Gasteiger partial charge in [0.25, 0.3) is 5.91 Å². The maximum Gasteiger partial charge on any atom is 0.272 e. The predicted octanol–water partition coefficient (Wildman–Crippen LogP) is 2.96. The van der Waals surface area contributed by atoms with Crippen LogP contribution in [-0.4, -0.2) is 28.9 Å². The Labute approximate surface area is 110 Å². The number of amides is 1. The van der Waals surface area contributed by atoms with Gasteiger partial charge < -0.3 is 4.90 Å². The molecule has 17 heavy (non-hydrogen) atoms. The molecule has 1 fully saturated rings. The molecule has 0 aromatic carbocycles. The monoisotopic (exact) mass is 296 g/mol. The van der Waals surface area contributed by atoms with Crippen LogP contribution in [0.2, 0.25) is 0 Å². The molecule has 3 nitrogen and oxygen atoms in total. The Hall–Kier alpha value is -0.900. The summed E-state index contributed by atoms with van der Waals surface area (Å²) in [7, 11) is 0. The van der Waals surface area contributed by atoms with Crippen LogP contribution < -0.4 is 0 Å². The minimum absolute atomic E-state index is 0.0521. The van der Waals surface area contributed by atoms with Crippen molar-refractivity contribution in [2.24, 2.45) is 11.8 Å². The number of aromatic nitrogens is 1. The van der Waals surface area contributed by atoms with Crippen molar-refractivity contribution < 1.29 is 4.79 Å². The van der Waals surface area contributed by atoms with Gasteiger partial charge in [0, 0.05) is 23.8 Å². The Morgan fingerprint density at radius 1 is 1.41 bits per heavy atom. The van der Waals surface area contributed by atoms with Gasteiger partial charge >= 0.3 is 0 Å². The highest BCUT2D eigenvalue weighted by Gasteiger charge is 2.26. The Morgan fingerprint density at radius 3 is 2.76 bits per heavy atom. The second-order valence-corrected chi connectivity index (χ2v) is 5.77. The van der Waals surface area contributed by atoms with Gasteiger partial charge in [-0.25, -0.2) is 4.98 Å². The van der Waals surface area contributed by atoms with E-state index >= 15 is 0 Å². The summed E-state index contributed by atoms with van der Waals surface area (Å²) in [5.74, 6) is 1.33. The van der Waals surface area contributed by atoms with Gasteiger partial charge in [0.1, 0.15) is 5.69 Å². The molecule has 2 atom stereocenters. The van der Waals surface area contributed by atoms with Gasteiger partial charge in [-0.1, -0.05) is 13.8 Å². The summed E-state index contributed by atoms with van der Waals surface area (Å²) in [6, 6.07) is 3.63. The highest BCUT2D eigenvalue weighted by Crippen LogP contribution is 2.23. The first kappa shape index (κ1) is 12.6. The lowest BCUT2D eigenvalue weighted by molar-refractivity contribution is 0.0621. The van der Waals surface area contributed by atoms with Crippen LogP contribution in [0.25, 0.3) is 0 Å². The molecule has 1 aliphatic heterocycles. The Morgan fingerprint density at radius 2 is 2.18 bits per heavy atom. The van der Waals surface area contributed by atoms with E-state index in [9.17, 15) is 4.79 Å². The number of pyridine rings is 1. The maximum atomic E-state index is 12.2. The van der Waals surface area contributed by atoms with E-state index in [1.807, 2.05) is 11.0 Å². The SMILES string of the molecule is CC1CCN(C(=O)c2ccc(Br)cn2)CC1C. The summed E-state index contributed by atoms with van der Waals surface area (Å²) >= 11 is 3.32. The van der Waals surface area contributed by atoms with Gasteiger partial charge in [0.05, 0.1) is 0 Å². The van der Waals surface area contributed by atoms with Crippen LogP contribution in [0.5, 0.6) is 0 Å². The first-order valence-electron chi connectivity index (χ1n) is 5.98. The zero-order valence-corrected chi connectivity index (χ0v) is 11.8. The third-order valence-electron chi connectivity index (χ3n) is 3.57. The summed E-state index contributed by atoms with van der Waals surface area (Å²) < 4.78 is 0.898. The number of nitrogens with zero attached hydrogens (tertiary/aromatic N) is 2. The Bertz CT molecular complexity index is 404. The summed E-state index contributed by atoms with van der Waals surface area (Å²) in [6.07, 6.45) is 2.76. The largest absolute Gasteiger partial charge is 0.337 e. The molecule has 1 aromatic heterocycles. The van der Waals surface area contributed by atoms with Crippen molar-refractivity contribution in [2.45, 2.75) is 20.3 Å². The van der Waals surface area contributed by atoms with Crippen molar-refractivity contribution in [3.05, 3.63) is 28.5 Å². The first-order valence-corrected chi connectivity index (χ1v) is 6.78. The molecule has 0 bridgehead atoms. The first-order chi connectivity index (χ1) is 8.08. The molecule has 2 heterocycles. The minimum atomic E-state index is 0.0521. The summed E-state index contributed by atoms with van der Waals surface area (Å²) in [5.41, 5.74) is 0.537. The molecule has 2 rings (SSSR count). The lowest BCUT2D eigenvalue weighted by atomic mass is 9.88. The normalized spacial score (nSPS) is 24.8. The highest BCUT2D eigenvalue weighted by atomic mass is 79.9. The minimum Gasteiger partial charge on any atom is -0.337 e. The van der Waals surface area contributed by atoms with E-state index in [1.54, 1.807) is 12.3 Å². The van der Waals surface area contributed by atoms with Gasteiger partial charge in [-0.15, -0.1) is 0 Å². The van der Waals surface area contributed by atoms with Crippen LogP contribution in [0.3, 0.4) is 0 Å². The molecule has 2 unspecified atom stereocenters. The molecule has 1 aromatic rings. The molecule has 1 amide bonds. The number of halogens is 1. The fraction of sp³-hybridized carbons (Fsp3) is 0.538. The van der Waals surface area contributed by atoms with Crippen molar-refractivity contribution in [1.82, 2.24) is 9.88 Å². The second kappa shape index (κ2) is 5.17. The zero-order valence-electron chi connectivity index (χ0n) is 10.2. The fourth-order valence-electron chi connectivity index (χ4n) is 2.11. The molecule has 0 aliphatic carbocycles. The Balaban J connectivity index is 2.08. The van der Waals surface area contributed by atoms with Crippen LogP contribution in [0.4, 0.5) is 0 Å². The number of hydrogen-bond donors (Lipinski definition) is 0. The third kappa shape index (κ3) is 2.86. The number of hydrogen-bond acceptors (Lipinski definition) is 2. The third-order valence-corrected chi connectivity index (χ3v) is 4.04. The molecule has 0 spiro atoms. The molecule has 0 N–H and O–H groups in total. The molecule has 1 aliphatic rings. The molecule has 1 saturated heterocycles. The van der Waals surface area contributed by atoms with E-state index in [0.29, 0.717) is 17.5 Å². The lowest BCUT2D eigenvalue weighted by Crippen LogP contribution is -2.42. The summed E-state index contributed by atoms with van der Waals surface area (Å²) in [6.45, 7) is 6.16. The van der Waals surface area contributed by atoms with Gasteiger partial charge in [-0.2, -0.15) is 0 Å². The number of rotatable bonds is 1. The summed E-state index contributed by atoms with van der Waals surface area (Å²) in [5, 5.41) is 0. The number of carbonyl (C=O) groups is 1. The van der Waals surface area contributed by atoms with Crippen LogP contribution >= 0.6 is 15.9 Å². The van der Waals surface area contributed by atoms with Crippen LogP contribution in [0.1, 0.15) is 30.8 Å². The fourth-order valence-corrected chi connectivity index (χ4v) is 2.35. The van der Waals surface area contributed by atoms with Crippen molar-refractivity contribution in [1.29, 1.82) is 0 Å². The molecule has 4 heteroatoms. The average Bonchev–Trinajstić information content (AvgIpc) is 2.33. The van der Waals surface area contributed by atoms with E-state index in [-0.39, 0.29) is 5.91 Å². The van der Waals surface area contributed by atoms with E-state index in [0.717, 1.165) is 24.0 Å². The topological polar surface area (TPSA) is 33.2 Å². The van der Waals surface area contributed by atoms with Gasteiger partial charge in [0.2, 0.25) is 0 Å². The number of likely N-dealkylation sites (tertiary alicyclic amines) is 1. The Kier molecular flexibility index (Phi) is 3.82. The van der Waals surface area contributed by atoms with Gasteiger partial charge in [-0.3, -0.25) is 4.79 Å². The molecular weight excluding hydrogens is 280 g/mol. The van der Waals surface area contributed by atoms with E-state index < -0.39 is 0 Å². The standard InChI is InChI=1S/C13H17BrN2O/c1-9-5-6-16(8-10(9)2)13(17)12-4-3-11(14)7-15-12/h3-4,7,9-10H,5-6,8H2,1-2H3. The lowest BCUT2D eigenvalue weighted by Gasteiger charge is -2.35. The van der Waals surface area contributed by atoms with Crippen molar-refractivity contribution in [3.8, 4) is 0 Å². The van der Waals surface area contributed by atoms with E-state index in [4.69, 9.17) is 0 Å². The summed E-state index contributed by atoms with van der Waals surface area (Å²) in [4.78, 5) is 18.3. The van der Waals surface area contributed by atoms with Crippen LogP contribution in [-0.2, 0) is 0 Å².